The Labute approximate surface area is 116 Å². The number of benzene rings is 1. The molecule has 0 aliphatic heterocycles. The zero-order valence-corrected chi connectivity index (χ0v) is 11.8. The second-order valence-corrected chi connectivity index (χ2v) is 4.90. The standard InChI is InChI=1S/C13H16ClN3O2/c1-8(2)13-10(7-18)15-16-17(13)11-6-9(14)4-5-12(11)19-3/h4-6,8,18H,7H2,1-3H3. The van der Waals surface area contributed by atoms with Gasteiger partial charge in [-0.3, -0.25) is 0 Å². The second kappa shape index (κ2) is 5.59. The van der Waals surface area contributed by atoms with E-state index in [0.29, 0.717) is 22.2 Å². The molecule has 1 N–H and O–H groups in total. The van der Waals surface area contributed by atoms with Gasteiger partial charge >= 0.3 is 0 Å². The average molecular weight is 282 g/mol. The van der Waals surface area contributed by atoms with Crippen LogP contribution in [-0.2, 0) is 6.61 Å². The van der Waals surface area contributed by atoms with E-state index >= 15 is 0 Å². The number of nitrogens with zero attached hydrogens (tertiary/aromatic N) is 3. The lowest BCUT2D eigenvalue weighted by Crippen LogP contribution is -2.07. The zero-order valence-electron chi connectivity index (χ0n) is 11.1. The van der Waals surface area contributed by atoms with Gasteiger partial charge < -0.3 is 9.84 Å². The van der Waals surface area contributed by atoms with Crippen molar-refractivity contribution in [1.82, 2.24) is 15.0 Å². The van der Waals surface area contributed by atoms with Gasteiger partial charge in [-0.15, -0.1) is 5.10 Å². The van der Waals surface area contributed by atoms with Crippen molar-refractivity contribution >= 4 is 11.6 Å². The molecule has 0 saturated carbocycles. The van der Waals surface area contributed by atoms with Gasteiger partial charge in [0.25, 0.3) is 0 Å². The fourth-order valence-electron chi connectivity index (χ4n) is 2.02. The Bertz CT molecular complexity index is 581. The van der Waals surface area contributed by atoms with Crippen LogP contribution in [0.4, 0.5) is 0 Å². The predicted octanol–water partition coefficient (Wildman–Crippen LogP) is 2.55. The number of halogens is 1. The molecule has 5 nitrogen and oxygen atoms in total. The van der Waals surface area contributed by atoms with Crippen LogP contribution >= 0.6 is 11.6 Å². The Morgan fingerprint density at radius 2 is 2.16 bits per heavy atom. The number of aliphatic hydroxyl groups is 1. The molecule has 0 saturated heterocycles. The molecule has 0 unspecified atom stereocenters. The lowest BCUT2D eigenvalue weighted by Gasteiger charge is -2.13. The molecule has 0 aliphatic carbocycles. The van der Waals surface area contributed by atoms with Crippen LogP contribution in [0.2, 0.25) is 5.02 Å². The Morgan fingerprint density at radius 3 is 2.74 bits per heavy atom. The predicted molar refractivity (Wildman–Crippen MR) is 72.9 cm³/mol. The molecule has 0 amide bonds. The summed E-state index contributed by atoms with van der Waals surface area (Å²) in [4.78, 5) is 0. The molecule has 0 bridgehead atoms. The van der Waals surface area contributed by atoms with Crippen molar-refractivity contribution in [3.63, 3.8) is 0 Å². The van der Waals surface area contributed by atoms with E-state index in [4.69, 9.17) is 16.3 Å². The van der Waals surface area contributed by atoms with Crippen molar-refractivity contribution in [1.29, 1.82) is 0 Å². The third-order valence-electron chi connectivity index (χ3n) is 2.84. The van der Waals surface area contributed by atoms with Crippen LogP contribution in [0.3, 0.4) is 0 Å². The quantitative estimate of drug-likeness (QED) is 0.936. The van der Waals surface area contributed by atoms with Gasteiger partial charge in [-0.25, -0.2) is 4.68 Å². The van der Waals surface area contributed by atoms with Crippen molar-refractivity contribution in [2.24, 2.45) is 0 Å². The molecule has 2 aromatic rings. The van der Waals surface area contributed by atoms with E-state index in [2.05, 4.69) is 10.3 Å². The lowest BCUT2D eigenvalue weighted by molar-refractivity contribution is 0.275. The molecule has 102 valence electrons. The SMILES string of the molecule is COc1ccc(Cl)cc1-n1nnc(CO)c1C(C)C. The lowest BCUT2D eigenvalue weighted by atomic mass is 10.1. The van der Waals surface area contributed by atoms with Gasteiger partial charge in [0, 0.05) is 5.02 Å². The molecule has 1 aromatic heterocycles. The fraction of sp³-hybridized carbons (Fsp3) is 0.385. The first kappa shape index (κ1) is 13.8. The minimum Gasteiger partial charge on any atom is -0.494 e. The van der Waals surface area contributed by atoms with E-state index in [9.17, 15) is 5.11 Å². The number of hydrogen-bond acceptors (Lipinski definition) is 4. The van der Waals surface area contributed by atoms with Gasteiger partial charge in [-0.1, -0.05) is 30.7 Å². The van der Waals surface area contributed by atoms with Crippen molar-refractivity contribution < 1.29 is 9.84 Å². The van der Waals surface area contributed by atoms with Crippen LogP contribution < -0.4 is 4.74 Å². The molecule has 1 heterocycles. The Balaban J connectivity index is 2.65. The first-order valence-electron chi connectivity index (χ1n) is 5.97. The van der Waals surface area contributed by atoms with E-state index in [1.54, 1.807) is 30.0 Å². The van der Waals surface area contributed by atoms with Crippen molar-refractivity contribution in [2.75, 3.05) is 7.11 Å². The Hall–Kier alpha value is -1.59. The van der Waals surface area contributed by atoms with E-state index in [0.717, 1.165) is 5.69 Å². The Kier molecular flexibility index (Phi) is 4.07. The van der Waals surface area contributed by atoms with Gasteiger partial charge in [0.1, 0.15) is 17.1 Å². The highest BCUT2D eigenvalue weighted by Gasteiger charge is 2.19. The molecule has 6 heteroatoms. The molecule has 0 atom stereocenters. The second-order valence-electron chi connectivity index (χ2n) is 4.46. The summed E-state index contributed by atoms with van der Waals surface area (Å²) in [6, 6.07) is 5.30. The average Bonchev–Trinajstić information content (AvgIpc) is 2.82. The smallest absolute Gasteiger partial charge is 0.144 e. The minimum absolute atomic E-state index is 0.142. The summed E-state index contributed by atoms with van der Waals surface area (Å²) in [5, 5.41) is 18.0. The summed E-state index contributed by atoms with van der Waals surface area (Å²) in [6.07, 6.45) is 0. The van der Waals surface area contributed by atoms with Crippen LogP contribution in [0, 0.1) is 0 Å². The van der Waals surface area contributed by atoms with Crippen LogP contribution in [0.5, 0.6) is 5.75 Å². The number of rotatable bonds is 4. The summed E-state index contributed by atoms with van der Waals surface area (Å²) >= 11 is 6.03. The largest absolute Gasteiger partial charge is 0.494 e. The van der Waals surface area contributed by atoms with Gasteiger partial charge in [-0.05, 0) is 24.1 Å². The highest BCUT2D eigenvalue weighted by atomic mass is 35.5. The van der Waals surface area contributed by atoms with Crippen LogP contribution in [0.15, 0.2) is 18.2 Å². The third-order valence-corrected chi connectivity index (χ3v) is 3.08. The molecule has 0 radical (unpaired) electrons. The summed E-state index contributed by atoms with van der Waals surface area (Å²) in [7, 11) is 1.59. The molecule has 0 spiro atoms. The maximum Gasteiger partial charge on any atom is 0.144 e. The van der Waals surface area contributed by atoms with Crippen LogP contribution in [0.25, 0.3) is 5.69 Å². The normalized spacial score (nSPS) is 11.1. The maximum absolute atomic E-state index is 9.34. The van der Waals surface area contributed by atoms with Crippen molar-refractivity contribution in [3.8, 4) is 11.4 Å². The zero-order chi connectivity index (χ0) is 14.0. The topological polar surface area (TPSA) is 60.2 Å². The van der Waals surface area contributed by atoms with E-state index in [1.165, 1.54) is 0 Å². The molecular weight excluding hydrogens is 266 g/mol. The third kappa shape index (κ3) is 2.57. The van der Waals surface area contributed by atoms with E-state index in [-0.39, 0.29) is 12.5 Å². The van der Waals surface area contributed by atoms with Crippen LogP contribution in [0.1, 0.15) is 31.2 Å². The summed E-state index contributed by atoms with van der Waals surface area (Å²) in [6.45, 7) is 3.90. The van der Waals surface area contributed by atoms with Gasteiger partial charge in [-0.2, -0.15) is 0 Å². The monoisotopic (exact) mass is 281 g/mol. The van der Waals surface area contributed by atoms with Gasteiger partial charge in [0.05, 0.1) is 19.4 Å². The highest BCUT2D eigenvalue weighted by Crippen LogP contribution is 2.29. The Morgan fingerprint density at radius 1 is 1.42 bits per heavy atom. The molecule has 0 aliphatic rings. The summed E-state index contributed by atoms with van der Waals surface area (Å²) in [5.74, 6) is 0.821. The van der Waals surface area contributed by atoms with Gasteiger partial charge in [0.15, 0.2) is 0 Å². The van der Waals surface area contributed by atoms with Crippen molar-refractivity contribution in [3.05, 3.63) is 34.6 Å². The number of aliphatic hydroxyl groups excluding tert-OH is 1. The number of ether oxygens (including phenoxy) is 1. The van der Waals surface area contributed by atoms with Gasteiger partial charge in [0.2, 0.25) is 0 Å². The van der Waals surface area contributed by atoms with Crippen molar-refractivity contribution in [2.45, 2.75) is 26.4 Å². The molecule has 2 rings (SSSR count). The number of methoxy groups -OCH3 is 1. The van der Waals surface area contributed by atoms with E-state index in [1.807, 2.05) is 13.8 Å². The van der Waals surface area contributed by atoms with E-state index < -0.39 is 0 Å². The molecule has 19 heavy (non-hydrogen) atoms. The number of aromatic nitrogens is 3. The first-order chi connectivity index (χ1) is 9.08. The molecule has 0 fully saturated rings. The minimum atomic E-state index is -0.142. The summed E-state index contributed by atoms with van der Waals surface area (Å²) in [5.41, 5.74) is 2.13. The fourth-order valence-corrected chi connectivity index (χ4v) is 2.18. The number of hydrogen-bond donors (Lipinski definition) is 1. The maximum atomic E-state index is 9.34. The highest BCUT2D eigenvalue weighted by molar-refractivity contribution is 6.30. The molecular formula is C13H16ClN3O2. The summed E-state index contributed by atoms with van der Waals surface area (Å²) < 4.78 is 6.99. The van der Waals surface area contributed by atoms with Crippen LogP contribution in [-0.4, -0.2) is 27.2 Å². The first-order valence-corrected chi connectivity index (χ1v) is 6.35. The molecule has 1 aromatic carbocycles.